The minimum Gasteiger partial charge on any atom is -0.356 e. The van der Waals surface area contributed by atoms with E-state index in [0.29, 0.717) is 0 Å². The first kappa shape index (κ1) is 8.37. The summed E-state index contributed by atoms with van der Waals surface area (Å²) in [6, 6.07) is 0. The minimum absolute atomic E-state index is 0.974. The maximum Gasteiger partial charge on any atom is 0.191 e. The molecule has 0 aliphatic carbocycles. The van der Waals surface area contributed by atoms with Crippen molar-refractivity contribution in [1.82, 2.24) is 10.6 Å². The molecule has 1 aliphatic heterocycles. The molecule has 1 rings (SSSR count). The van der Waals surface area contributed by atoms with Crippen LogP contribution in [0.2, 0.25) is 0 Å². The van der Waals surface area contributed by atoms with Gasteiger partial charge in [-0.15, -0.1) is 0 Å². The van der Waals surface area contributed by atoms with Crippen molar-refractivity contribution in [1.29, 1.82) is 0 Å². The highest BCUT2D eigenvalue weighted by Crippen LogP contribution is 1.88. The Labute approximate surface area is 68.3 Å². The summed E-state index contributed by atoms with van der Waals surface area (Å²) in [6.07, 6.45) is 3.62. The summed E-state index contributed by atoms with van der Waals surface area (Å²) in [4.78, 5) is 4.30. The van der Waals surface area contributed by atoms with Gasteiger partial charge in [0.1, 0.15) is 0 Å². The number of nitrogens with zero attached hydrogens (tertiary/aromatic N) is 1. The Kier molecular flexibility index (Phi) is 3.80. The second-order valence-corrected chi connectivity index (χ2v) is 2.79. The lowest BCUT2D eigenvalue weighted by atomic mass is 10.3. The third kappa shape index (κ3) is 3.25. The molecule has 0 amide bonds. The second kappa shape index (κ2) is 4.99. The van der Waals surface area contributed by atoms with Gasteiger partial charge in [-0.3, -0.25) is 4.99 Å². The van der Waals surface area contributed by atoms with E-state index in [2.05, 4.69) is 22.5 Å². The SMILES string of the molecule is CCCCNC1=NCCCN1. The quantitative estimate of drug-likeness (QED) is 0.589. The van der Waals surface area contributed by atoms with Crippen molar-refractivity contribution >= 4 is 5.96 Å². The van der Waals surface area contributed by atoms with E-state index >= 15 is 0 Å². The summed E-state index contributed by atoms with van der Waals surface area (Å²) in [5, 5.41) is 6.48. The minimum atomic E-state index is 0.974. The van der Waals surface area contributed by atoms with Crippen LogP contribution in [0, 0.1) is 0 Å². The van der Waals surface area contributed by atoms with Crippen LogP contribution in [0.3, 0.4) is 0 Å². The van der Waals surface area contributed by atoms with Crippen LogP contribution in [-0.4, -0.2) is 25.6 Å². The van der Waals surface area contributed by atoms with E-state index in [1.165, 1.54) is 19.3 Å². The van der Waals surface area contributed by atoms with Crippen LogP contribution in [0.4, 0.5) is 0 Å². The first-order chi connectivity index (χ1) is 5.43. The zero-order valence-electron chi connectivity index (χ0n) is 7.19. The fourth-order valence-electron chi connectivity index (χ4n) is 1.03. The molecule has 0 unspecified atom stereocenters. The molecule has 0 aromatic heterocycles. The van der Waals surface area contributed by atoms with Crippen molar-refractivity contribution in [3.8, 4) is 0 Å². The summed E-state index contributed by atoms with van der Waals surface area (Å²) in [5.74, 6) is 0.990. The van der Waals surface area contributed by atoms with Gasteiger partial charge in [0, 0.05) is 19.6 Å². The molecule has 3 nitrogen and oxygen atoms in total. The molecule has 0 saturated heterocycles. The molecule has 1 aliphatic rings. The number of guanidine groups is 1. The third-order valence-corrected chi connectivity index (χ3v) is 1.72. The van der Waals surface area contributed by atoms with Crippen molar-refractivity contribution < 1.29 is 0 Å². The standard InChI is InChI=1S/C8H17N3/c1-2-3-5-9-8-10-6-4-7-11-8/h2-7H2,1H3,(H2,9,10,11). The summed E-state index contributed by atoms with van der Waals surface area (Å²) in [6.45, 7) is 5.28. The first-order valence-electron chi connectivity index (χ1n) is 4.45. The number of hydrogen-bond acceptors (Lipinski definition) is 3. The highest BCUT2D eigenvalue weighted by Gasteiger charge is 2.00. The van der Waals surface area contributed by atoms with Gasteiger partial charge in [0.2, 0.25) is 0 Å². The van der Waals surface area contributed by atoms with Crippen LogP contribution in [-0.2, 0) is 0 Å². The van der Waals surface area contributed by atoms with E-state index < -0.39 is 0 Å². The van der Waals surface area contributed by atoms with Crippen LogP contribution >= 0.6 is 0 Å². The molecule has 0 fully saturated rings. The Morgan fingerprint density at radius 3 is 3.18 bits per heavy atom. The molecule has 1 heterocycles. The molecule has 0 radical (unpaired) electrons. The normalized spacial score (nSPS) is 17.0. The van der Waals surface area contributed by atoms with Gasteiger partial charge >= 0.3 is 0 Å². The molecule has 0 saturated carbocycles. The first-order valence-corrected chi connectivity index (χ1v) is 4.45. The topological polar surface area (TPSA) is 36.4 Å². The van der Waals surface area contributed by atoms with Gasteiger partial charge in [0.15, 0.2) is 5.96 Å². The number of nitrogens with one attached hydrogen (secondary N) is 2. The van der Waals surface area contributed by atoms with E-state index in [9.17, 15) is 0 Å². The van der Waals surface area contributed by atoms with Gasteiger partial charge in [-0.25, -0.2) is 0 Å². The van der Waals surface area contributed by atoms with Crippen molar-refractivity contribution in [2.45, 2.75) is 26.2 Å². The fourth-order valence-corrected chi connectivity index (χ4v) is 1.03. The number of aliphatic imine (C=N–C) groups is 1. The molecule has 0 spiro atoms. The summed E-state index contributed by atoms with van der Waals surface area (Å²) >= 11 is 0. The van der Waals surface area contributed by atoms with Gasteiger partial charge < -0.3 is 10.6 Å². The third-order valence-electron chi connectivity index (χ3n) is 1.72. The maximum absolute atomic E-state index is 4.30. The molecule has 0 atom stereocenters. The van der Waals surface area contributed by atoms with Gasteiger partial charge in [-0.2, -0.15) is 0 Å². The molecule has 2 N–H and O–H groups in total. The van der Waals surface area contributed by atoms with Crippen LogP contribution in [0.15, 0.2) is 4.99 Å². The molecule has 64 valence electrons. The lowest BCUT2D eigenvalue weighted by Crippen LogP contribution is -2.40. The second-order valence-electron chi connectivity index (χ2n) is 2.79. The van der Waals surface area contributed by atoms with Gasteiger partial charge in [-0.05, 0) is 12.8 Å². The molecule has 0 aromatic carbocycles. The van der Waals surface area contributed by atoms with Crippen molar-refractivity contribution in [2.75, 3.05) is 19.6 Å². The predicted molar refractivity (Wildman–Crippen MR) is 47.8 cm³/mol. The van der Waals surface area contributed by atoms with Crippen molar-refractivity contribution in [2.24, 2.45) is 4.99 Å². The Hall–Kier alpha value is -0.730. The highest BCUT2D eigenvalue weighted by atomic mass is 15.2. The monoisotopic (exact) mass is 155 g/mol. The van der Waals surface area contributed by atoms with Gasteiger partial charge in [0.25, 0.3) is 0 Å². The van der Waals surface area contributed by atoms with E-state index in [1.807, 2.05) is 0 Å². The largest absolute Gasteiger partial charge is 0.356 e. The van der Waals surface area contributed by atoms with E-state index in [4.69, 9.17) is 0 Å². The Morgan fingerprint density at radius 1 is 1.64 bits per heavy atom. The van der Waals surface area contributed by atoms with Gasteiger partial charge in [0.05, 0.1) is 0 Å². The van der Waals surface area contributed by atoms with Crippen molar-refractivity contribution in [3.63, 3.8) is 0 Å². The van der Waals surface area contributed by atoms with E-state index in [1.54, 1.807) is 0 Å². The van der Waals surface area contributed by atoms with Crippen LogP contribution in [0.5, 0.6) is 0 Å². The molecule has 3 heteroatoms. The number of unbranched alkanes of at least 4 members (excludes halogenated alkanes) is 1. The van der Waals surface area contributed by atoms with Crippen LogP contribution in [0.25, 0.3) is 0 Å². The van der Waals surface area contributed by atoms with E-state index in [0.717, 1.165) is 25.6 Å². The average molecular weight is 155 g/mol. The Morgan fingerprint density at radius 2 is 2.55 bits per heavy atom. The van der Waals surface area contributed by atoms with Gasteiger partial charge in [-0.1, -0.05) is 13.3 Å². The number of hydrogen-bond donors (Lipinski definition) is 2. The molecule has 0 aromatic rings. The zero-order chi connectivity index (χ0) is 7.94. The summed E-state index contributed by atoms with van der Waals surface area (Å²) in [5.41, 5.74) is 0. The number of rotatable bonds is 3. The Balaban J connectivity index is 2.09. The summed E-state index contributed by atoms with van der Waals surface area (Å²) < 4.78 is 0. The lowest BCUT2D eigenvalue weighted by Gasteiger charge is -2.15. The smallest absolute Gasteiger partial charge is 0.191 e. The average Bonchev–Trinajstić information content (AvgIpc) is 2.07. The summed E-state index contributed by atoms with van der Waals surface area (Å²) in [7, 11) is 0. The Bertz CT molecular complexity index is 131. The predicted octanol–water partition coefficient (Wildman–Crippen LogP) is 0.725. The van der Waals surface area contributed by atoms with Crippen LogP contribution < -0.4 is 10.6 Å². The van der Waals surface area contributed by atoms with Crippen LogP contribution in [0.1, 0.15) is 26.2 Å². The highest BCUT2D eigenvalue weighted by molar-refractivity contribution is 5.80. The zero-order valence-corrected chi connectivity index (χ0v) is 7.19. The van der Waals surface area contributed by atoms with E-state index in [-0.39, 0.29) is 0 Å². The molecule has 0 bridgehead atoms. The van der Waals surface area contributed by atoms with Crippen molar-refractivity contribution in [3.05, 3.63) is 0 Å². The fraction of sp³-hybridized carbons (Fsp3) is 0.875. The molecule has 11 heavy (non-hydrogen) atoms. The molecular formula is C8H17N3. The maximum atomic E-state index is 4.30. The lowest BCUT2D eigenvalue weighted by molar-refractivity contribution is 0.681. The molecular weight excluding hydrogens is 138 g/mol.